The van der Waals surface area contributed by atoms with Gasteiger partial charge in [-0.3, -0.25) is 0 Å². The van der Waals surface area contributed by atoms with Gasteiger partial charge in [-0.1, -0.05) is 0 Å². The molecule has 1 aliphatic carbocycles. The molecule has 1 heterocycles. The Kier molecular flexibility index (Phi) is 3.24. The van der Waals surface area contributed by atoms with Gasteiger partial charge in [0.15, 0.2) is 0 Å². The van der Waals surface area contributed by atoms with E-state index in [1.54, 1.807) is 0 Å². The molecule has 1 saturated carbocycles. The maximum Gasteiger partial charge on any atom is 0.419 e. The maximum absolute atomic E-state index is 12.7. The van der Waals surface area contributed by atoms with E-state index in [9.17, 15) is 13.2 Å². The Balaban J connectivity index is 2.19. The van der Waals surface area contributed by atoms with E-state index in [1.165, 1.54) is 12.3 Å². The lowest BCUT2D eigenvalue weighted by molar-refractivity contribution is -0.137. The van der Waals surface area contributed by atoms with Gasteiger partial charge in [0, 0.05) is 18.8 Å². The molecular weight excluding hydrogens is 231 g/mol. The molecule has 3 nitrogen and oxygen atoms in total. The topological polar surface area (TPSA) is 50.9 Å². The Morgan fingerprint density at radius 3 is 2.71 bits per heavy atom. The summed E-state index contributed by atoms with van der Waals surface area (Å²) in [5.41, 5.74) is 4.81. The predicted octanol–water partition coefficient (Wildman–Crippen LogP) is 2.25. The second-order valence-corrected chi connectivity index (χ2v) is 4.22. The molecule has 1 unspecified atom stereocenters. The number of nitrogens with zero attached hydrogens (tertiary/aromatic N) is 1. The van der Waals surface area contributed by atoms with Gasteiger partial charge in [0.1, 0.15) is 5.82 Å². The van der Waals surface area contributed by atoms with E-state index in [2.05, 4.69) is 10.3 Å². The van der Waals surface area contributed by atoms with Gasteiger partial charge in [-0.05, 0) is 30.9 Å². The van der Waals surface area contributed by atoms with Crippen molar-refractivity contribution < 1.29 is 13.2 Å². The van der Waals surface area contributed by atoms with E-state index in [1.807, 2.05) is 0 Å². The van der Waals surface area contributed by atoms with Crippen LogP contribution in [-0.2, 0) is 6.18 Å². The van der Waals surface area contributed by atoms with Gasteiger partial charge in [0.2, 0.25) is 0 Å². The van der Waals surface area contributed by atoms with Gasteiger partial charge in [-0.15, -0.1) is 0 Å². The fourth-order valence-electron chi connectivity index (χ4n) is 1.79. The van der Waals surface area contributed by atoms with E-state index in [4.69, 9.17) is 5.73 Å². The molecule has 17 heavy (non-hydrogen) atoms. The average Bonchev–Trinajstić information content (AvgIpc) is 3.09. The summed E-state index contributed by atoms with van der Waals surface area (Å²) in [5, 5.41) is 2.81. The molecule has 1 aromatic heterocycles. The quantitative estimate of drug-likeness (QED) is 0.855. The number of rotatable bonds is 4. The van der Waals surface area contributed by atoms with Crippen LogP contribution in [0.25, 0.3) is 0 Å². The second kappa shape index (κ2) is 4.52. The molecule has 0 aliphatic heterocycles. The number of nitrogens with two attached hydrogens (primary N) is 1. The van der Waals surface area contributed by atoms with E-state index in [0.29, 0.717) is 12.5 Å². The van der Waals surface area contributed by atoms with Gasteiger partial charge in [-0.25, -0.2) is 4.98 Å². The zero-order valence-corrected chi connectivity index (χ0v) is 9.17. The van der Waals surface area contributed by atoms with E-state index < -0.39 is 11.7 Å². The molecular formula is C11H14F3N3. The molecule has 1 aliphatic rings. The van der Waals surface area contributed by atoms with Crippen molar-refractivity contribution in [2.75, 3.05) is 11.9 Å². The summed E-state index contributed by atoms with van der Waals surface area (Å²) in [6.45, 7) is 0.318. The molecule has 0 saturated heterocycles. The first-order chi connectivity index (χ1) is 8.02. The Bertz CT molecular complexity index is 388. The molecule has 94 valence electrons. The number of anilines is 1. The smallest absolute Gasteiger partial charge is 0.365 e. The van der Waals surface area contributed by atoms with Crippen LogP contribution in [0.3, 0.4) is 0 Å². The summed E-state index contributed by atoms with van der Waals surface area (Å²) in [4.78, 5) is 3.76. The summed E-state index contributed by atoms with van der Waals surface area (Å²) in [7, 11) is 0. The lowest BCUT2D eigenvalue weighted by Crippen LogP contribution is -2.32. The van der Waals surface area contributed by atoms with Gasteiger partial charge < -0.3 is 11.1 Å². The van der Waals surface area contributed by atoms with E-state index in [-0.39, 0.29) is 11.9 Å². The Hall–Kier alpha value is -1.30. The number of pyridine rings is 1. The van der Waals surface area contributed by atoms with Crippen molar-refractivity contribution in [1.29, 1.82) is 0 Å². The Morgan fingerprint density at radius 1 is 1.47 bits per heavy atom. The molecule has 1 aromatic rings. The van der Waals surface area contributed by atoms with Gasteiger partial charge in [0.25, 0.3) is 0 Å². The first-order valence-corrected chi connectivity index (χ1v) is 5.51. The highest BCUT2D eigenvalue weighted by molar-refractivity contribution is 5.46. The van der Waals surface area contributed by atoms with Crippen LogP contribution < -0.4 is 11.1 Å². The normalized spacial score (nSPS) is 17.9. The van der Waals surface area contributed by atoms with Crippen molar-refractivity contribution in [3.05, 3.63) is 23.9 Å². The molecule has 0 amide bonds. The van der Waals surface area contributed by atoms with Crippen molar-refractivity contribution in [3.63, 3.8) is 0 Å². The van der Waals surface area contributed by atoms with Crippen molar-refractivity contribution in [2.45, 2.75) is 25.1 Å². The van der Waals surface area contributed by atoms with Crippen molar-refractivity contribution >= 4 is 5.82 Å². The second-order valence-electron chi connectivity index (χ2n) is 4.22. The number of hydrogen-bond acceptors (Lipinski definition) is 3. The molecule has 0 spiro atoms. The fraction of sp³-hybridized carbons (Fsp3) is 0.545. The average molecular weight is 245 g/mol. The zero-order chi connectivity index (χ0) is 12.5. The van der Waals surface area contributed by atoms with Crippen LogP contribution >= 0.6 is 0 Å². The number of nitrogens with one attached hydrogen (secondary N) is 1. The number of alkyl halides is 3. The molecule has 6 heteroatoms. The third-order valence-electron chi connectivity index (χ3n) is 2.88. The standard InChI is InChI=1S/C11H14F3N3/c12-11(13,14)8-2-1-5-16-10(8)17-9(6-15)7-3-4-7/h1-2,5,7,9H,3-4,6,15H2,(H,16,17). The van der Waals surface area contributed by atoms with Crippen LogP contribution in [0.2, 0.25) is 0 Å². The van der Waals surface area contributed by atoms with Crippen LogP contribution in [0.5, 0.6) is 0 Å². The lowest BCUT2D eigenvalue weighted by Gasteiger charge is -2.19. The van der Waals surface area contributed by atoms with Crippen LogP contribution in [-0.4, -0.2) is 17.6 Å². The monoisotopic (exact) mass is 245 g/mol. The number of aromatic nitrogens is 1. The van der Waals surface area contributed by atoms with Crippen molar-refractivity contribution in [2.24, 2.45) is 11.7 Å². The highest BCUT2D eigenvalue weighted by Gasteiger charge is 2.36. The highest BCUT2D eigenvalue weighted by Crippen LogP contribution is 2.37. The molecule has 2 rings (SSSR count). The van der Waals surface area contributed by atoms with Crippen LogP contribution in [0.15, 0.2) is 18.3 Å². The first kappa shape index (κ1) is 12.2. The maximum atomic E-state index is 12.7. The number of hydrogen-bond donors (Lipinski definition) is 2. The van der Waals surface area contributed by atoms with Gasteiger partial charge >= 0.3 is 6.18 Å². The Morgan fingerprint density at radius 2 is 2.18 bits per heavy atom. The minimum absolute atomic E-state index is 0.119. The lowest BCUT2D eigenvalue weighted by atomic mass is 10.1. The molecule has 0 bridgehead atoms. The third-order valence-corrected chi connectivity index (χ3v) is 2.88. The van der Waals surface area contributed by atoms with E-state index >= 15 is 0 Å². The molecule has 3 N–H and O–H groups in total. The highest BCUT2D eigenvalue weighted by atomic mass is 19.4. The Labute approximate surface area is 97.2 Å². The largest absolute Gasteiger partial charge is 0.419 e. The summed E-state index contributed by atoms with van der Waals surface area (Å²) in [5.74, 6) is 0.255. The van der Waals surface area contributed by atoms with Crippen molar-refractivity contribution in [1.82, 2.24) is 4.98 Å². The van der Waals surface area contributed by atoms with Crippen LogP contribution in [0, 0.1) is 5.92 Å². The summed E-state index contributed by atoms with van der Waals surface area (Å²) < 4.78 is 38.1. The van der Waals surface area contributed by atoms with Gasteiger partial charge in [-0.2, -0.15) is 13.2 Å². The van der Waals surface area contributed by atoms with Gasteiger partial charge in [0.05, 0.1) is 5.56 Å². The third kappa shape index (κ3) is 2.88. The molecule has 0 aromatic carbocycles. The molecule has 1 fully saturated rings. The minimum atomic E-state index is -4.39. The summed E-state index contributed by atoms with van der Waals surface area (Å²) in [6.07, 6.45) is -1.01. The van der Waals surface area contributed by atoms with Crippen LogP contribution in [0.4, 0.5) is 19.0 Å². The van der Waals surface area contributed by atoms with Crippen molar-refractivity contribution in [3.8, 4) is 0 Å². The summed E-state index contributed by atoms with van der Waals surface area (Å²) in [6, 6.07) is 2.18. The summed E-state index contributed by atoms with van der Waals surface area (Å²) >= 11 is 0. The fourth-order valence-corrected chi connectivity index (χ4v) is 1.79. The minimum Gasteiger partial charge on any atom is -0.365 e. The molecule has 1 atom stereocenters. The number of halogens is 3. The SMILES string of the molecule is NCC(Nc1ncccc1C(F)(F)F)C1CC1. The first-order valence-electron chi connectivity index (χ1n) is 5.51. The van der Waals surface area contributed by atoms with E-state index in [0.717, 1.165) is 18.9 Å². The predicted molar refractivity (Wildman–Crippen MR) is 58.4 cm³/mol. The molecule has 0 radical (unpaired) electrons. The van der Waals surface area contributed by atoms with Crippen LogP contribution in [0.1, 0.15) is 18.4 Å². The zero-order valence-electron chi connectivity index (χ0n) is 9.17.